The standard InChI is InChI=1S/C22H19N3O3/c1-25-20(11-12-24-25)21(26)9-5-16-6-10-22(27-2)18(13-16)15-28-19-7-3-17(14-23)4-8-19/h3-13H,15H2,1-2H3/b9-5+. The molecule has 6 nitrogen and oxygen atoms in total. The summed E-state index contributed by atoms with van der Waals surface area (Å²) in [7, 11) is 3.33. The number of methoxy groups -OCH3 is 1. The van der Waals surface area contributed by atoms with Gasteiger partial charge in [-0.15, -0.1) is 0 Å². The minimum atomic E-state index is -0.119. The summed E-state index contributed by atoms with van der Waals surface area (Å²) in [6.45, 7) is 0.298. The Balaban J connectivity index is 1.74. The van der Waals surface area contributed by atoms with E-state index in [0.29, 0.717) is 29.4 Å². The fourth-order valence-electron chi connectivity index (χ4n) is 2.67. The minimum absolute atomic E-state index is 0.119. The van der Waals surface area contributed by atoms with Crippen LogP contribution in [0.3, 0.4) is 0 Å². The second-order valence-electron chi connectivity index (χ2n) is 6.03. The summed E-state index contributed by atoms with van der Waals surface area (Å²) in [6.07, 6.45) is 4.86. The quantitative estimate of drug-likeness (QED) is 0.465. The second kappa shape index (κ2) is 8.69. The zero-order valence-electron chi connectivity index (χ0n) is 15.6. The summed E-state index contributed by atoms with van der Waals surface area (Å²) >= 11 is 0. The molecule has 0 radical (unpaired) electrons. The Kier molecular flexibility index (Phi) is 5.87. The van der Waals surface area contributed by atoms with E-state index >= 15 is 0 Å². The lowest BCUT2D eigenvalue weighted by Gasteiger charge is -2.11. The smallest absolute Gasteiger partial charge is 0.203 e. The molecule has 0 spiro atoms. The van der Waals surface area contributed by atoms with E-state index in [1.807, 2.05) is 18.2 Å². The van der Waals surface area contributed by atoms with E-state index in [4.69, 9.17) is 14.7 Å². The fraction of sp³-hybridized carbons (Fsp3) is 0.136. The molecule has 0 bridgehead atoms. The molecular formula is C22H19N3O3. The molecule has 0 aliphatic heterocycles. The number of nitrogens with zero attached hydrogens (tertiary/aromatic N) is 3. The van der Waals surface area contributed by atoms with Crippen LogP contribution in [0.4, 0.5) is 0 Å². The number of allylic oxidation sites excluding steroid dienone is 1. The van der Waals surface area contributed by atoms with Crippen LogP contribution in [-0.2, 0) is 13.7 Å². The number of ketones is 1. The van der Waals surface area contributed by atoms with Gasteiger partial charge in [0, 0.05) is 18.8 Å². The maximum absolute atomic E-state index is 12.3. The highest BCUT2D eigenvalue weighted by atomic mass is 16.5. The summed E-state index contributed by atoms with van der Waals surface area (Å²) in [5.74, 6) is 1.24. The number of benzene rings is 2. The number of aromatic nitrogens is 2. The first-order chi connectivity index (χ1) is 13.6. The van der Waals surface area contributed by atoms with Crippen molar-refractivity contribution in [3.63, 3.8) is 0 Å². The second-order valence-corrected chi connectivity index (χ2v) is 6.03. The zero-order valence-corrected chi connectivity index (χ0v) is 15.6. The Morgan fingerprint density at radius 2 is 2.00 bits per heavy atom. The van der Waals surface area contributed by atoms with Crippen molar-refractivity contribution < 1.29 is 14.3 Å². The lowest BCUT2D eigenvalue weighted by molar-refractivity contribution is 0.103. The van der Waals surface area contributed by atoms with Crippen LogP contribution in [0.1, 0.15) is 27.2 Å². The molecule has 0 N–H and O–H groups in total. The number of nitriles is 1. The Bertz CT molecular complexity index is 1040. The monoisotopic (exact) mass is 373 g/mol. The van der Waals surface area contributed by atoms with Crippen LogP contribution in [0, 0.1) is 11.3 Å². The van der Waals surface area contributed by atoms with Crippen molar-refractivity contribution in [2.45, 2.75) is 6.61 Å². The van der Waals surface area contributed by atoms with Crippen molar-refractivity contribution in [1.82, 2.24) is 9.78 Å². The van der Waals surface area contributed by atoms with Crippen molar-refractivity contribution in [2.75, 3.05) is 7.11 Å². The van der Waals surface area contributed by atoms with Crippen molar-refractivity contribution >= 4 is 11.9 Å². The molecule has 0 amide bonds. The molecule has 3 aromatic rings. The summed E-state index contributed by atoms with van der Waals surface area (Å²) in [6, 6.07) is 16.3. The van der Waals surface area contributed by atoms with Gasteiger partial charge in [-0.3, -0.25) is 9.48 Å². The SMILES string of the molecule is COc1ccc(/C=C/C(=O)c2ccnn2C)cc1COc1ccc(C#N)cc1. The van der Waals surface area contributed by atoms with Crippen LogP contribution in [0.2, 0.25) is 0 Å². The molecule has 0 saturated heterocycles. The Morgan fingerprint density at radius 3 is 2.64 bits per heavy atom. The molecule has 0 aliphatic rings. The van der Waals surface area contributed by atoms with E-state index in [1.165, 1.54) is 10.8 Å². The molecule has 28 heavy (non-hydrogen) atoms. The number of rotatable bonds is 7. The third-order valence-corrected chi connectivity index (χ3v) is 4.18. The predicted molar refractivity (Wildman–Crippen MR) is 105 cm³/mol. The average Bonchev–Trinajstić information content (AvgIpc) is 3.16. The number of carbonyl (C=O) groups is 1. The Hall–Kier alpha value is -3.85. The normalized spacial score (nSPS) is 10.6. The van der Waals surface area contributed by atoms with Crippen molar-refractivity contribution in [2.24, 2.45) is 7.05 Å². The van der Waals surface area contributed by atoms with Gasteiger partial charge in [0.15, 0.2) is 0 Å². The first kappa shape index (κ1) is 18.9. The third kappa shape index (κ3) is 4.46. The molecule has 140 valence electrons. The third-order valence-electron chi connectivity index (χ3n) is 4.18. The van der Waals surface area contributed by atoms with E-state index in [1.54, 1.807) is 56.8 Å². The van der Waals surface area contributed by atoms with E-state index in [2.05, 4.69) is 11.2 Å². The van der Waals surface area contributed by atoms with E-state index < -0.39 is 0 Å². The molecule has 0 unspecified atom stereocenters. The number of ether oxygens (including phenoxy) is 2. The van der Waals surface area contributed by atoms with Gasteiger partial charge < -0.3 is 9.47 Å². The van der Waals surface area contributed by atoms with Gasteiger partial charge in [0.2, 0.25) is 5.78 Å². The Labute approximate surface area is 163 Å². The van der Waals surface area contributed by atoms with Gasteiger partial charge in [0.1, 0.15) is 23.8 Å². The van der Waals surface area contributed by atoms with Gasteiger partial charge in [0.05, 0.1) is 18.7 Å². The van der Waals surface area contributed by atoms with Gasteiger partial charge in [-0.2, -0.15) is 10.4 Å². The highest BCUT2D eigenvalue weighted by Crippen LogP contribution is 2.23. The summed E-state index contributed by atoms with van der Waals surface area (Å²) < 4.78 is 12.7. The first-order valence-electron chi connectivity index (χ1n) is 8.61. The molecule has 6 heteroatoms. The molecule has 0 saturated carbocycles. The lowest BCUT2D eigenvalue weighted by atomic mass is 10.1. The van der Waals surface area contributed by atoms with Crippen molar-refractivity contribution in [1.29, 1.82) is 5.26 Å². The summed E-state index contributed by atoms with van der Waals surface area (Å²) in [4.78, 5) is 12.3. The number of carbonyl (C=O) groups excluding carboxylic acids is 1. The van der Waals surface area contributed by atoms with E-state index in [9.17, 15) is 4.79 Å². The average molecular weight is 373 g/mol. The zero-order chi connectivity index (χ0) is 19.9. The van der Waals surface area contributed by atoms with Crippen LogP contribution in [-0.4, -0.2) is 22.7 Å². The first-order valence-corrected chi connectivity index (χ1v) is 8.61. The molecule has 0 fully saturated rings. The number of hydrogen-bond acceptors (Lipinski definition) is 5. The minimum Gasteiger partial charge on any atom is -0.496 e. The van der Waals surface area contributed by atoms with Gasteiger partial charge in [-0.05, 0) is 54.1 Å². The van der Waals surface area contributed by atoms with Crippen molar-refractivity contribution in [3.05, 3.63) is 83.2 Å². The van der Waals surface area contributed by atoms with Gasteiger partial charge in [0.25, 0.3) is 0 Å². The summed E-state index contributed by atoms with van der Waals surface area (Å²) in [5, 5.41) is 12.9. The molecule has 0 aliphatic carbocycles. The van der Waals surface area contributed by atoms with Gasteiger partial charge in [-0.1, -0.05) is 12.1 Å². The largest absolute Gasteiger partial charge is 0.496 e. The van der Waals surface area contributed by atoms with Crippen LogP contribution >= 0.6 is 0 Å². The van der Waals surface area contributed by atoms with E-state index in [0.717, 1.165) is 11.1 Å². The Morgan fingerprint density at radius 1 is 1.21 bits per heavy atom. The number of hydrogen-bond donors (Lipinski definition) is 0. The van der Waals surface area contributed by atoms with Crippen LogP contribution < -0.4 is 9.47 Å². The predicted octanol–water partition coefficient (Wildman–Crippen LogP) is 3.78. The van der Waals surface area contributed by atoms with Crippen LogP contribution in [0.15, 0.2) is 60.8 Å². The molecule has 1 aromatic heterocycles. The van der Waals surface area contributed by atoms with Crippen molar-refractivity contribution in [3.8, 4) is 17.6 Å². The fourth-order valence-corrected chi connectivity index (χ4v) is 2.67. The van der Waals surface area contributed by atoms with Crippen LogP contribution in [0.5, 0.6) is 11.5 Å². The number of aryl methyl sites for hydroxylation is 1. The lowest BCUT2D eigenvalue weighted by Crippen LogP contribution is -2.03. The van der Waals surface area contributed by atoms with Crippen LogP contribution in [0.25, 0.3) is 6.08 Å². The molecular weight excluding hydrogens is 354 g/mol. The van der Waals surface area contributed by atoms with E-state index in [-0.39, 0.29) is 5.78 Å². The summed E-state index contributed by atoms with van der Waals surface area (Å²) in [5.41, 5.74) is 2.81. The molecule has 0 atom stereocenters. The maximum Gasteiger partial charge on any atom is 0.203 e. The van der Waals surface area contributed by atoms with Gasteiger partial charge >= 0.3 is 0 Å². The van der Waals surface area contributed by atoms with Gasteiger partial charge in [-0.25, -0.2) is 0 Å². The molecule has 1 heterocycles. The molecule has 3 rings (SSSR count). The molecule has 2 aromatic carbocycles. The highest BCUT2D eigenvalue weighted by molar-refractivity contribution is 6.05. The topological polar surface area (TPSA) is 77.1 Å². The maximum atomic E-state index is 12.3. The highest BCUT2D eigenvalue weighted by Gasteiger charge is 2.08.